The topological polar surface area (TPSA) is 106 Å². The Kier molecular flexibility index (Phi) is 6.96. The lowest BCUT2D eigenvalue weighted by molar-refractivity contribution is -0.137. The van der Waals surface area contributed by atoms with Gasteiger partial charge >= 0.3 is 5.97 Å². The standard InChI is InChI=1S/C27H26N2O6S/c1-17-10-11-20(14-18(17)2)29-19(3)25(27(31)34-4)26(30)24(29)15-21-12-13-22(35-21)16-28-36(32,33)23-8-6-5-7-9-23/h5-15,28H,16H2,1-4H3/b24-15+. The third-order valence-corrected chi connectivity index (χ3v) is 7.40. The number of benzene rings is 2. The molecule has 1 aromatic heterocycles. The molecule has 0 atom stereocenters. The van der Waals surface area contributed by atoms with Crippen molar-refractivity contribution in [3.05, 3.63) is 100 Å². The Morgan fingerprint density at radius 1 is 1.03 bits per heavy atom. The number of carbonyl (C=O) groups excluding carboxylic acids is 2. The molecule has 0 aliphatic carbocycles. The summed E-state index contributed by atoms with van der Waals surface area (Å²) in [6.07, 6.45) is 1.53. The predicted octanol–water partition coefficient (Wildman–Crippen LogP) is 4.25. The summed E-state index contributed by atoms with van der Waals surface area (Å²) in [5.41, 5.74) is 3.47. The second-order valence-corrected chi connectivity index (χ2v) is 10.1. The minimum Gasteiger partial charge on any atom is -0.465 e. The molecule has 0 spiro atoms. The number of ketones is 1. The number of ether oxygens (including phenoxy) is 1. The molecule has 0 saturated heterocycles. The average molecular weight is 507 g/mol. The smallest absolute Gasteiger partial charge is 0.343 e. The lowest BCUT2D eigenvalue weighted by atomic mass is 10.1. The van der Waals surface area contributed by atoms with Crippen LogP contribution in [-0.2, 0) is 30.9 Å². The Labute approximate surface area is 209 Å². The van der Waals surface area contributed by atoms with Crippen LogP contribution in [0.1, 0.15) is 29.6 Å². The number of esters is 1. The van der Waals surface area contributed by atoms with Crippen LogP contribution in [0.2, 0.25) is 0 Å². The molecule has 0 radical (unpaired) electrons. The van der Waals surface area contributed by atoms with Crippen molar-refractivity contribution in [3.63, 3.8) is 0 Å². The highest BCUT2D eigenvalue weighted by atomic mass is 32.2. The van der Waals surface area contributed by atoms with Crippen LogP contribution in [0.5, 0.6) is 0 Å². The second kappa shape index (κ2) is 9.96. The van der Waals surface area contributed by atoms with Gasteiger partial charge in [0.2, 0.25) is 15.8 Å². The molecule has 0 bridgehead atoms. The van der Waals surface area contributed by atoms with Crippen molar-refractivity contribution in [2.24, 2.45) is 0 Å². The van der Waals surface area contributed by atoms with Crippen LogP contribution in [0.3, 0.4) is 0 Å². The third-order valence-electron chi connectivity index (χ3n) is 5.99. The molecule has 186 valence electrons. The summed E-state index contributed by atoms with van der Waals surface area (Å²) in [7, 11) is -2.48. The summed E-state index contributed by atoms with van der Waals surface area (Å²) in [6, 6.07) is 17.0. The van der Waals surface area contributed by atoms with Crippen LogP contribution in [0, 0.1) is 13.8 Å². The normalized spacial score (nSPS) is 15.2. The highest BCUT2D eigenvalue weighted by Crippen LogP contribution is 2.36. The molecule has 9 heteroatoms. The quantitative estimate of drug-likeness (QED) is 0.290. The predicted molar refractivity (Wildman–Crippen MR) is 135 cm³/mol. The molecule has 1 aliphatic rings. The van der Waals surface area contributed by atoms with E-state index in [0.29, 0.717) is 17.2 Å². The van der Waals surface area contributed by atoms with E-state index in [9.17, 15) is 18.0 Å². The number of Topliss-reactive ketones (excluding diaryl/α,β-unsaturated/α-hetero) is 1. The van der Waals surface area contributed by atoms with Crippen LogP contribution in [0.15, 0.2) is 86.9 Å². The van der Waals surface area contributed by atoms with Gasteiger partial charge in [-0.2, -0.15) is 0 Å². The van der Waals surface area contributed by atoms with Crippen molar-refractivity contribution in [2.75, 3.05) is 12.0 Å². The summed E-state index contributed by atoms with van der Waals surface area (Å²) in [5.74, 6) is -0.507. The average Bonchev–Trinajstić information content (AvgIpc) is 3.41. The van der Waals surface area contributed by atoms with E-state index in [2.05, 4.69) is 4.72 Å². The van der Waals surface area contributed by atoms with Gasteiger partial charge in [0, 0.05) is 17.5 Å². The first-order chi connectivity index (χ1) is 17.1. The number of anilines is 1. The molecular formula is C27H26N2O6S. The van der Waals surface area contributed by atoms with Gasteiger partial charge in [-0.1, -0.05) is 24.3 Å². The number of rotatable bonds is 7. The molecular weight excluding hydrogens is 480 g/mol. The number of hydrogen-bond acceptors (Lipinski definition) is 7. The molecule has 1 N–H and O–H groups in total. The number of hydrogen-bond donors (Lipinski definition) is 1. The van der Waals surface area contributed by atoms with E-state index in [-0.39, 0.29) is 22.7 Å². The summed E-state index contributed by atoms with van der Waals surface area (Å²) >= 11 is 0. The van der Waals surface area contributed by atoms with Crippen molar-refractivity contribution >= 4 is 33.5 Å². The number of nitrogens with zero attached hydrogens (tertiary/aromatic N) is 1. The van der Waals surface area contributed by atoms with Gasteiger partial charge in [-0.15, -0.1) is 0 Å². The van der Waals surface area contributed by atoms with Crippen molar-refractivity contribution in [3.8, 4) is 0 Å². The molecule has 36 heavy (non-hydrogen) atoms. The largest absolute Gasteiger partial charge is 0.465 e. The molecule has 0 amide bonds. The van der Waals surface area contributed by atoms with Gasteiger partial charge in [-0.3, -0.25) is 4.79 Å². The van der Waals surface area contributed by atoms with Crippen LogP contribution < -0.4 is 9.62 Å². The maximum atomic E-state index is 13.3. The number of nitrogens with one attached hydrogen (secondary N) is 1. The summed E-state index contributed by atoms with van der Waals surface area (Å²) in [6.45, 7) is 5.58. The Hall–Kier alpha value is -3.95. The molecule has 0 saturated carbocycles. The second-order valence-electron chi connectivity index (χ2n) is 8.36. The number of sulfonamides is 1. The Balaban J connectivity index is 1.64. The Morgan fingerprint density at radius 2 is 1.75 bits per heavy atom. The Morgan fingerprint density at radius 3 is 2.42 bits per heavy atom. The summed E-state index contributed by atoms with van der Waals surface area (Å²) < 4.78 is 38.1. The number of allylic oxidation sites excluding steroid dienone is 2. The molecule has 0 unspecified atom stereocenters. The first-order valence-electron chi connectivity index (χ1n) is 11.2. The zero-order valence-corrected chi connectivity index (χ0v) is 21.2. The van der Waals surface area contributed by atoms with Crippen molar-refractivity contribution in [1.82, 2.24) is 4.72 Å². The van der Waals surface area contributed by atoms with Crippen LogP contribution in [0.4, 0.5) is 5.69 Å². The van der Waals surface area contributed by atoms with E-state index < -0.39 is 21.8 Å². The van der Waals surface area contributed by atoms with E-state index in [1.54, 1.807) is 42.2 Å². The van der Waals surface area contributed by atoms with E-state index in [1.165, 1.54) is 25.3 Å². The zero-order valence-electron chi connectivity index (χ0n) is 20.4. The van der Waals surface area contributed by atoms with Crippen molar-refractivity contribution in [2.45, 2.75) is 32.2 Å². The van der Waals surface area contributed by atoms with Crippen LogP contribution >= 0.6 is 0 Å². The van der Waals surface area contributed by atoms with E-state index in [1.807, 2.05) is 32.0 Å². The molecule has 2 heterocycles. The molecule has 2 aromatic carbocycles. The number of methoxy groups -OCH3 is 1. The van der Waals surface area contributed by atoms with Gasteiger partial charge in [0.1, 0.15) is 17.1 Å². The monoisotopic (exact) mass is 506 g/mol. The minimum atomic E-state index is -3.71. The van der Waals surface area contributed by atoms with Crippen LogP contribution in [-0.4, -0.2) is 27.3 Å². The molecule has 4 rings (SSSR count). The van der Waals surface area contributed by atoms with E-state index in [4.69, 9.17) is 9.15 Å². The fourth-order valence-corrected chi connectivity index (χ4v) is 4.92. The highest BCUT2D eigenvalue weighted by molar-refractivity contribution is 7.89. The summed E-state index contributed by atoms with van der Waals surface area (Å²) in [5, 5.41) is 0. The first kappa shape index (κ1) is 25.2. The molecule has 1 aliphatic heterocycles. The zero-order chi connectivity index (χ0) is 26.0. The van der Waals surface area contributed by atoms with Gasteiger partial charge in [0.25, 0.3) is 0 Å². The first-order valence-corrected chi connectivity index (χ1v) is 12.7. The highest BCUT2D eigenvalue weighted by Gasteiger charge is 2.38. The van der Waals surface area contributed by atoms with Gasteiger partial charge in [-0.25, -0.2) is 17.9 Å². The van der Waals surface area contributed by atoms with Gasteiger partial charge in [0.05, 0.1) is 24.2 Å². The van der Waals surface area contributed by atoms with Gasteiger partial charge in [0.15, 0.2) is 0 Å². The van der Waals surface area contributed by atoms with Gasteiger partial charge in [-0.05, 0) is 68.3 Å². The molecule has 0 fully saturated rings. The SMILES string of the molecule is COC(=O)C1=C(C)N(c2ccc(C)c(C)c2)/C(=C/c2ccc(CNS(=O)(=O)c3ccccc3)o2)C1=O. The Bertz CT molecular complexity index is 1500. The third kappa shape index (κ3) is 4.89. The van der Waals surface area contributed by atoms with E-state index in [0.717, 1.165) is 16.8 Å². The lowest BCUT2D eigenvalue weighted by Gasteiger charge is -2.22. The fourth-order valence-electron chi connectivity index (χ4n) is 3.91. The minimum absolute atomic E-state index is 0.0515. The number of furan rings is 1. The number of carbonyl (C=O) groups is 2. The summed E-state index contributed by atoms with van der Waals surface area (Å²) in [4.78, 5) is 27.5. The van der Waals surface area contributed by atoms with Crippen molar-refractivity contribution in [1.29, 1.82) is 0 Å². The lowest BCUT2D eigenvalue weighted by Crippen LogP contribution is -2.22. The van der Waals surface area contributed by atoms with Crippen molar-refractivity contribution < 1.29 is 27.2 Å². The number of aryl methyl sites for hydroxylation is 2. The van der Waals surface area contributed by atoms with E-state index >= 15 is 0 Å². The van der Waals surface area contributed by atoms with Crippen LogP contribution in [0.25, 0.3) is 6.08 Å². The maximum absolute atomic E-state index is 13.3. The van der Waals surface area contributed by atoms with Gasteiger partial charge < -0.3 is 14.1 Å². The maximum Gasteiger partial charge on any atom is 0.343 e. The molecule has 3 aromatic rings. The molecule has 8 nitrogen and oxygen atoms in total. The fraction of sp³-hybridized carbons (Fsp3) is 0.185.